The molecule has 0 saturated heterocycles. The van der Waals surface area contributed by atoms with Gasteiger partial charge >= 0.3 is 0 Å². The molecule has 0 spiro atoms. The van der Waals surface area contributed by atoms with Gasteiger partial charge in [-0.3, -0.25) is 4.79 Å². The Bertz CT molecular complexity index is 548. The third-order valence-electron chi connectivity index (χ3n) is 3.01. The quantitative estimate of drug-likeness (QED) is 0.506. The standard InChI is InChI=1S/C13H17BrN4O2.2ClH/c14-11-8-17-12(18-11)9(15)4-2-1-3-5-10(19)13-16-6-7-20-13;;/h6-9H,1-5,15H2,(H,17,18);2*1H/t9-;;/m0../s1. The normalized spacial score (nSPS) is 11.4. The fourth-order valence-electron chi connectivity index (χ4n) is 1.93. The van der Waals surface area contributed by atoms with E-state index in [4.69, 9.17) is 10.2 Å². The average Bonchev–Trinajstić information content (AvgIpc) is 3.08. The van der Waals surface area contributed by atoms with Crippen LogP contribution in [0.2, 0.25) is 0 Å². The molecule has 6 nitrogen and oxygen atoms in total. The second kappa shape index (κ2) is 10.8. The van der Waals surface area contributed by atoms with Gasteiger partial charge in [-0.2, -0.15) is 0 Å². The molecule has 0 radical (unpaired) electrons. The topological polar surface area (TPSA) is 97.8 Å². The van der Waals surface area contributed by atoms with Crippen LogP contribution < -0.4 is 5.73 Å². The molecule has 0 amide bonds. The Morgan fingerprint density at radius 3 is 2.68 bits per heavy atom. The highest BCUT2D eigenvalue weighted by molar-refractivity contribution is 9.10. The number of carbonyl (C=O) groups excluding carboxylic acids is 1. The first-order valence-electron chi connectivity index (χ1n) is 6.55. The molecule has 1 atom stereocenters. The van der Waals surface area contributed by atoms with Gasteiger partial charge in [-0.15, -0.1) is 24.8 Å². The lowest BCUT2D eigenvalue weighted by atomic mass is 10.1. The predicted molar refractivity (Wildman–Crippen MR) is 91.6 cm³/mol. The molecular formula is C13H19BrCl2N4O2. The number of imidazole rings is 1. The highest BCUT2D eigenvalue weighted by atomic mass is 79.9. The van der Waals surface area contributed by atoms with Gasteiger partial charge in [-0.05, 0) is 28.8 Å². The minimum absolute atomic E-state index is 0. The van der Waals surface area contributed by atoms with Crippen LogP contribution in [0.4, 0.5) is 0 Å². The summed E-state index contributed by atoms with van der Waals surface area (Å²) >= 11 is 3.30. The van der Waals surface area contributed by atoms with E-state index in [2.05, 4.69) is 30.9 Å². The van der Waals surface area contributed by atoms with Crippen molar-refractivity contribution in [2.45, 2.75) is 38.1 Å². The van der Waals surface area contributed by atoms with Crippen molar-refractivity contribution >= 4 is 46.5 Å². The molecular weight excluding hydrogens is 395 g/mol. The zero-order valence-corrected chi connectivity index (χ0v) is 15.0. The Morgan fingerprint density at radius 1 is 1.32 bits per heavy atom. The Morgan fingerprint density at radius 2 is 2.09 bits per heavy atom. The highest BCUT2D eigenvalue weighted by Gasteiger charge is 2.11. The molecule has 0 saturated carbocycles. The summed E-state index contributed by atoms with van der Waals surface area (Å²) in [5.74, 6) is 0.934. The van der Waals surface area contributed by atoms with Gasteiger partial charge in [0, 0.05) is 6.42 Å². The average molecular weight is 414 g/mol. The van der Waals surface area contributed by atoms with Crippen LogP contribution in [0.5, 0.6) is 0 Å². The summed E-state index contributed by atoms with van der Waals surface area (Å²) in [5, 5.41) is 0. The lowest BCUT2D eigenvalue weighted by molar-refractivity contribution is 0.0945. The smallest absolute Gasteiger partial charge is 0.263 e. The monoisotopic (exact) mass is 412 g/mol. The number of halogens is 3. The van der Waals surface area contributed by atoms with Crippen LogP contribution in [0.15, 0.2) is 27.7 Å². The molecule has 124 valence electrons. The maximum absolute atomic E-state index is 11.6. The van der Waals surface area contributed by atoms with E-state index in [1.165, 1.54) is 12.5 Å². The van der Waals surface area contributed by atoms with Gasteiger partial charge < -0.3 is 15.1 Å². The summed E-state index contributed by atoms with van der Waals surface area (Å²) in [4.78, 5) is 22.7. The molecule has 9 heteroatoms. The number of hydrogen-bond donors (Lipinski definition) is 2. The summed E-state index contributed by atoms with van der Waals surface area (Å²) in [6.07, 6.45) is 8.61. The van der Waals surface area contributed by atoms with Crippen molar-refractivity contribution in [3.8, 4) is 0 Å². The molecule has 0 aliphatic rings. The number of nitrogens with zero attached hydrogens (tertiary/aromatic N) is 2. The van der Waals surface area contributed by atoms with E-state index in [0.29, 0.717) is 6.42 Å². The first-order chi connectivity index (χ1) is 9.66. The molecule has 2 aromatic rings. The largest absolute Gasteiger partial charge is 0.442 e. The first-order valence-corrected chi connectivity index (χ1v) is 7.35. The van der Waals surface area contributed by atoms with Crippen LogP contribution in [0, 0.1) is 0 Å². The highest BCUT2D eigenvalue weighted by Crippen LogP contribution is 2.17. The van der Waals surface area contributed by atoms with E-state index >= 15 is 0 Å². The van der Waals surface area contributed by atoms with Crippen LogP contribution in [0.3, 0.4) is 0 Å². The first kappa shape index (κ1) is 21.1. The number of nitrogens with two attached hydrogens (primary N) is 1. The molecule has 0 fully saturated rings. The van der Waals surface area contributed by atoms with E-state index < -0.39 is 0 Å². The molecule has 2 heterocycles. The number of ketones is 1. The Labute approximate surface area is 149 Å². The van der Waals surface area contributed by atoms with Crippen molar-refractivity contribution < 1.29 is 9.21 Å². The molecule has 0 unspecified atom stereocenters. The maximum atomic E-state index is 11.6. The second-order valence-corrected chi connectivity index (χ2v) is 5.44. The van der Waals surface area contributed by atoms with Crippen molar-refractivity contribution in [3.05, 3.63) is 35.0 Å². The van der Waals surface area contributed by atoms with E-state index in [-0.39, 0.29) is 42.5 Å². The lowest BCUT2D eigenvalue weighted by Crippen LogP contribution is -2.11. The number of H-pyrrole nitrogens is 1. The summed E-state index contributed by atoms with van der Waals surface area (Å²) in [6, 6.07) is -0.0938. The van der Waals surface area contributed by atoms with Gasteiger partial charge in [-0.25, -0.2) is 9.97 Å². The number of rotatable bonds is 8. The van der Waals surface area contributed by atoms with E-state index in [9.17, 15) is 4.79 Å². The summed E-state index contributed by atoms with van der Waals surface area (Å²) in [6.45, 7) is 0. The molecule has 0 bridgehead atoms. The van der Waals surface area contributed by atoms with Crippen LogP contribution in [-0.2, 0) is 0 Å². The van der Waals surface area contributed by atoms with Crippen molar-refractivity contribution in [1.29, 1.82) is 0 Å². The van der Waals surface area contributed by atoms with Gasteiger partial charge in [0.05, 0.1) is 18.4 Å². The van der Waals surface area contributed by atoms with Crippen molar-refractivity contribution in [2.24, 2.45) is 5.73 Å². The number of aromatic amines is 1. The number of unbranched alkanes of at least 4 members (excludes halogenated alkanes) is 2. The maximum Gasteiger partial charge on any atom is 0.263 e. The number of hydrogen-bond acceptors (Lipinski definition) is 5. The minimum Gasteiger partial charge on any atom is -0.442 e. The minimum atomic E-state index is -0.0938. The van der Waals surface area contributed by atoms with Gasteiger partial charge in [0.1, 0.15) is 16.7 Å². The SMILES string of the molecule is Cl.Cl.N[C@@H](CCCCCC(=O)c1ncco1)c1ncc(Br)[nH]1. The van der Waals surface area contributed by atoms with Crippen molar-refractivity contribution in [2.75, 3.05) is 0 Å². The molecule has 0 aliphatic carbocycles. The summed E-state index contributed by atoms with van der Waals surface area (Å²) in [5.41, 5.74) is 6.02. The van der Waals surface area contributed by atoms with Gasteiger partial charge in [0.2, 0.25) is 5.78 Å². The number of aromatic nitrogens is 3. The predicted octanol–water partition coefficient (Wildman–Crippen LogP) is 3.84. The Hall–Kier alpha value is -0.890. The second-order valence-electron chi connectivity index (χ2n) is 4.58. The number of carbonyl (C=O) groups is 1. The van der Waals surface area contributed by atoms with E-state index in [1.54, 1.807) is 6.20 Å². The fourth-order valence-corrected chi connectivity index (χ4v) is 2.24. The van der Waals surface area contributed by atoms with Crippen LogP contribution in [0.1, 0.15) is 54.7 Å². The van der Waals surface area contributed by atoms with Gasteiger partial charge in [0.25, 0.3) is 5.89 Å². The molecule has 2 rings (SSSR count). The van der Waals surface area contributed by atoms with Crippen LogP contribution in [0.25, 0.3) is 0 Å². The van der Waals surface area contributed by atoms with Crippen molar-refractivity contribution in [1.82, 2.24) is 15.0 Å². The fraction of sp³-hybridized carbons (Fsp3) is 0.462. The third kappa shape index (κ3) is 6.48. The zero-order chi connectivity index (χ0) is 14.4. The summed E-state index contributed by atoms with van der Waals surface area (Å²) < 4.78 is 5.79. The van der Waals surface area contributed by atoms with E-state index in [0.717, 1.165) is 36.1 Å². The Balaban J connectivity index is 0.00000220. The number of Topliss-reactive ketones (excluding diaryl/α,β-unsaturated/α-hetero) is 1. The van der Waals surface area contributed by atoms with E-state index in [1.807, 2.05) is 0 Å². The van der Waals surface area contributed by atoms with Crippen molar-refractivity contribution in [3.63, 3.8) is 0 Å². The molecule has 22 heavy (non-hydrogen) atoms. The molecule has 0 aliphatic heterocycles. The van der Waals surface area contributed by atoms with Crippen LogP contribution >= 0.6 is 40.7 Å². The molecule has 2 aromatic heterocycles. The van der Waals surface area contributed by atoms with Crippen LogP contribution in [-0.4, -0.2) is 20.7 Å². The molecule has 3 N–H and O–H groups in total. The number of nitrogens with one attached hydrogen (secondary N) is 1. The zero-order valence-electron chi connectivity index (χ0n) is 11.8. The van der Waals surface area contributed by atoms with Gasteiger partial charge in [0.15, 0.2) is 0 Å². The summed E-state index contributed by atoms with van der Waals surface area (Å²) in [7, 11) is 0. The van der Waals surface area contributed by atoms with Gasteiger partial charge in [-0.1, -0.05) is 12.8 Å². The Kier molecular flexibility index (Phi) is 10.3. The third-order valence-corrected chi connectivity index (χ3v) is 3.41. The number of oxazole rings is 1. The lowest BCUT2D eigenvalue weighted by Gasteiger charge is -2.07. The molecule has 0 aromatic carbocycles.